The van der Waals surface area contributed by atoms with E-state index in [-0.39, 0.29) is 11.9 Å². The van der Waals surface area contributed by atoms with Crippen LogP contribution in [0, 0.1) is 0 Å². The van der Waals surface area contributed by atoms with E-state index in [2.05, 4.69) is 10.6 Å². The highest BCUT2D eigenvalue weighted by atomic mass is 16.5. The zero-order valence-electron chi connectivity index (χ0n) is 10.9. The third-order valence-corrected chi connectivity index (χ3v) is 2.74. The van der Waals surface area contributed by atoms with Crippen LogP contribution in [0.5, 0.6) is 5.75 Å². The molecule has 0 saturated heterocycles. The maximum absolute atomic E-state index is 11.3. The molecule has 3 N–H and O–H groups in total. The van der Waals surface area contributed by atoms with Gasteiger partial charge in [0.2, 0.25) is 5.91 Å². The highest BCUT2D eigenvalue weighted by Crippen LogP contribution is 2.18. The lowest BCUT2D eigenvalue weighted by Crippen LogP contribution is -2.42. The highest BCUT2D eigenvalue weighted by Gasteiger charge is 2.13. The Hall–Kier alpha value is -1.59. The minimum Gasteiger partial charge on any atom is -0.497 e. The number of aliphatic hydroxyl groups is 1. The summed E-state index contributed by atoms with van der Waals surface area (Å²) in [6.07, 6.45) is -0.674. The Morgan fingerprint density at radius 3 is 2.83 bits per heavy atom. The summed E-state index contributed by atoms with van der Waals surface area (Å²) in [5.41, 5.74) is 0.756. The minimum absolute atomic E-state index is 0.104. The van der Waals surface area contributed by atoms with Crippen molar-refractivity contribution in [3.63, 3.8) is 0 Å². The average Bonchev–Trinajstić information content (AvgIpc) is 2.43. The average molecular weight is 252 g/mol. The van der Waals surface area contributed by atoms with Gasteiger partial charge >= 0.3 is 0 Å². The fourth-order valence-electron chi connectivity index (χ4n) is 1.56. The van der Waals surface area contributed by atoms with Crippen LogP contribution in [-0.4, -0.2) is 37.8 Å². The number of likely N-dealkylation sites (N-methyl/N-ethyl adjacent to an activating group) is 1. The number of ether oxygens (including phenoxy) is 1. The van der Waals surface area contributed by atoms with Crippen molar-refractivity contribution < 1.29 is 14.6 Å². The smallest absolute Gasteiger partial charge is 0.236 e. The molecule has 0 heterocycles. The molecule has 0 saturated carbocycles. The number of benzene rings is 1. The normalized spacial score (nSPS) is 13.8. The van der Waals surface area contributed by atoms with E-state index < -0.39 is 6.10 Å². The van der Waals surface area contributed by atoms with Gasteiger partial charge in [0.25, 0.3) is 0 Å². The van der Waals surface area contributed by atoms with Gasteiger partial charge in [0.1, 0.15) is 5.75 Å². The summed E-state index contributed by atoms with van der Waals surface area (Å²) in [5.74, 6) is 0.596. The summed E-state index contributed by atoms with van der Waals surface area (Å²) in [6.45, 7) is 2.05. The molecule has 0 radical (unpaired) electrons. The van der Waals surface area contributed by atoms with Crippen LogP contribution in [0.25, 0.3) is 0 Å². The molecule has 0 fully saturated rings. The van der Waals surface area contributed by atoms with Crippen molar-refractivity contribution in [1.82, 2.24) is 10.6 Å². The molecule has 0 aliphatic heterocycles. The Morgan fingerprint density at radius 1 is 1.50 bits per heavy atom. The van der Waals surface area contributed by atoms with Gasteiger partial charge in [0.05, 0.1) is 19.3 Å². The Labute approximate surface area is 107 Å². The summed E-state index contributed by atoms with van der Waals surface area (Å²) in [6, 6.07) is 6.89. The lowest BCUT2D eigenvalue weighted by Gasteiger charge is -2.16. The monoisotopic (exact) mass is 252 g/mol. The number of rotatable bonds is 6. The van der Waals surface area contributed by atoms with E-state index >= 15 is 0 Å². The Kier molecular flexibility index (Phi) is 5.61. The highest BCUT2D eigenvalue weighted by molar-refractivity contribution is 5.80. The van der Waals surface area contributed by atoms with Crippen molar-refractivity contribution in [2.24, 2.45) is 0 Å². The van der Waals surface area contributed by atoms with Gasteiger partial charge in [-0.3, -0.25) is 4.79 Å². The second kappa shape index (κ2) is 6.98. The molecule has 0 spiro atoms. The van der Waals surface area contributed by atoms with Gasteiger partial charge in [0.15, 0.2) is 0 Å². The molecule has 1 aromatic rings. The van der Waals surface area contributed by atoms with Crippen LogP contribution in [0.15, 0.2) is 24.3 Å². The number of amides is 1. The molecule has 1 aromatic carbocycles. The SMILES string of the molecule is CNC(=O)C(C)NCC(O)c1cccc(OC)c1. The van der Waals surface area contributed by atoms with Crippen LogP contribution in [0.4, 0.5) is 0 Å². The zero-order chi connectivity index (χ0) is 13.5. The first-order valence-corrected chi connectivity index (χ1v) is 5.85. The van der Waals surface area contributed by atoms with E-state index in [1.165, 1.54) is 0 Å². The van der Waals surface area contributed by atoms with Crippen molar-refractivity contribution in [2.45, 2.75) is 19.1 Å². The second-order valence-electron chi connectivity index (χ2n) is 4.04. The van der Waals surface area contributed by atoms with Crippen LogP contribution in [-0.2, 0) is 4.79 Å². The van der Waals surface area contributed by atoms with Crippen LogP contribution in [0.3, 0.4) is 0 Å². The third-order valence-electron chi connectivity index (χ3n) is 2.74. The van der Waals surface area contributed by atoms with Gasteiger partial charge in [-0.05, 0) is 24.6 Å². The van der Waals surface area contributed by atoms with Gasteiger partial charge in [-0.2, -0.15) is 0 Å². The van der Waals surface area contributed by atoms with Gasteiger partial charge in [-0.1, -0.05) is 12.1 Å². The molecule has 2 atom stereocenters. The Morgan fingerprint density at radius 2 is 2.22 bits per heavy atom. The first-order valence-electron chi connectivity index (χ1n) is 5.85. The number of hydrogen-bond donors (Lipinski definition) is 3. The zero-order valence-corrected chi connectivity index (χ0v) is 10.9. The number of carbonyl (C=O) groups is 1. The maximum atomic E-state index is 11.3. The van der Waals surface area contributed by atoms with Crippen molar-refractivity contribution >= 4 is 5.91 Å². The second-order valence-corrected chi connectivity index (χ2v) is 4.04. The van der Waals surface area contributed by atoms with Gasteiger partial charge < -0.3 is 20.5 Å². The van der Waals surface area contributed by atoms with Crippen molar-refractivity contribution in [3.8, 4) is 5.75 Å². The predicted molar refractivity (Wildman–Crippen MR) is 69.5 cm³/mol. The summed E-state index contributed by atoms with van der Waals surface area (Å²) in [7, 11) is 3.16. The van der Waals surface area contributed by atoms with E-state index in [1.54, 1.807) is 27.1 Å². The summed E-state index contributed by atoms with van der Waals surface area (Å²) in [5, 5.41) is 15.5. The topological polar surface area (TPSA) is 70.6 Å². The molecule has 0 aliphatic rings. The van der Waals surface area contributed by atoms with E-state index in [1.807, 2.05) is 18.2 Å². The van der Waals surface area contributed by atoms with Crippen LogP contribution in [0.2, 0.25) is 0 Å². The molecule has 0 aliphatic carbocycles. The van der Waals surface area contributed by atoms with E-state index in [4.69, 9.17) is 4.74 Å². The lowest BCUT2D eigenvalue weighted by atomic mass is 10.1. The Bertz CT molecular complexity index is 396. The minimum atomic E-state index is -0.674. The molecule has 1 amide bonds. The molecule has 0 aromatic heterocycles. The maximum Gasteiger partial charge on any atom is 0.236 e. The first-order chi connectivity index (χ1) is 8.58. The molecular weight excluding hydrogens is 232 g/mol. The summed E-state index contributed by atoms with van der Waals surface area (Å²) >= 11 is 0. The van der Waals surface area contributed by atoms with Gasteiger partial charge in [0, 0.05) is 13.6 Å². The van der Waals surface area contributed by atoms with Crippen molar-refractivity contribution in [1.29, 1.82) is 0 Å². The quantitative estimate of drug-likeness (QED) is 0.687. The molecule has 5 nitrogen and oxygen atoms in total. The molecule has 5 heteroatoms. The van der Waals surface area contributed by atoms with E-state index in [0.29, 0.717) is 12.3 Å². The Balaban J connectivity index is 2.54. The number of methoxy groups -OCH3 is 1. The number of nitrogens with one attached hydrogen (secondary N) is 2. The van der Waals surface area contributed by atoms with Crippen molar-refractivity contribution in [2.75, 3.05) is 20.7 Å². The first kappa shape index (κ1) is 14.5. The third kappa shape index (κ3) is 4.01. The van der Waals surface area contributed by atoms with Gasteiger partial charge in [-0.25, -0.2) is 0 Å². The molecule has 2 unspecified atom stereocenters. The number of carbonyl (C=O) groups excluding carboxylic acids is 1. The molecule has 0 bridgehead atoms. The number of aliphatic hydroxyl groups excluding tert-OH is 1. The number of hydrogen-bond acceptors (Lipinski definition) is 4. The standard InChI is InChI=1S/C13H20N2O3/c1-9(13(17)14-2)15-8-12(16)10-5-4-6-11(7-10)18-3/h4-7,9,12,15-16H,8H2,1-3H3,(H,14,17). The predicted octanol–water partition coefficient (Wildman–Crippen LogP) is 0.453. The van der Waals surface area contributed by atoms with Crippen molar-refractivity contribution in [3.05, 3.63) is 29.8 Å². The molecule has 1 rings (SSSR count). The molecular formula is C13H20N2O3. The van der Waals surface area contributed by atoms with E-state index in [9.17, 15) is 9.90 Å². The summed E-state index contributed by atoms with van der Waals surface area (Å²) in [4.78, 5) is 11.3. The lowest BCUT2D eigenvalue weighted by molar-refractivity contribution is -0.122. The fraction of sp³-hybridized carbons (Fsp3) is 0.462. The van der Waals surface area contributed by atoms with Crippen LogP contribution in [0.1, 0.15) is 18.6 Å². The van der Waals surface area contributed by atoms with Gasteiger partial charge in [-0.15, -0.1) is 0 Å². The van der Waals surface area contributed by atoms with Crippen LogP contribution >= 0.6 is 0 Å². The molecule has 18 heavy (non-hydrogen) atoms. The fourth-order valence-corrected chi connectivity index (χ4v) is 1.56. The van der Waals surface area contributed by atoms with Crippen LogP contribution < -0.4 is 15.4 Å². The molecule has 100 valence electrons. The summed E-state index contributed by atoms with van der Waals surface area (Å²) < 4.78 is 5.09. The largest absolute Gasteiger partial charge is 0.497 e. The van der Waals surface area contributed by atoms with E-state index in [0.717, 1.165) is 5.56 Å².